The number of nitrogens with one attached hydrogen (secondary N) is 13. The molecule has 0 spiro atoms. The summed E-state index contributed by atoms with van der Waals surface area (Å²) in [5, 5.41) is 44.5. The van der Waals surface area contributed by atoms with E-state index in [9.17, 15) is 62.6 Å². The molecule has 510 valence electrons. The Bertz CT molecular complexity index is 3290. The van der Waals surface area contributed by atoms with Crippen LogP contribution in [0.4, 0.5) is 0 Å². The molecular formula is C62H94N18O13. The van der Waals surface area contributed by atoms with E-state index in [-0.39, 0.29) is 44.7 Å². The molecular weight excluding hydrogens is 1200 g/mol. The van der Waals surface area contributed by atoms with Gasteiger partial charge in [-0.15, -0.1) is 0 Å². The molecule has 0 aliphatic carbocycles. The summed E-state index contributed by atoms with van der Waals surface area (Å²) >= 11 is 0. The zero-order valence-electron chi connectivity index (χ0n) is 53.9. The molecule has 0 fully saturated rings. The van der Waals surface area contributed by atoms with Gasteiger partial charge in [0.25, 0.3) is 0 Å². The Labute approximate surface area is 539 Å². The van der Waals surface area contributed by atoms with Gasteiger partial charge in [-0.2, -0.15) is 0 Å². The van der Waals surface area contributed by atoms with Crippen molar-refractivity contribution in [3.63, 3.8) is 0 Å². The molecule has 0 bridgehead atoms. The van der Waals surface area contributed by atoms with Gasteiger partial charge in [0.05, 0.1) is 18.9 Å². The van der Waals surface area contributed by atoms with Crippen LogP contribution in [0.25, 0.3) is 21.8 Å². The first-order valence-electron chi connectivity index (χ1n) is 31.0. The number of carbonyl (C=O) groups is 12. The zero-order valence-corrected chi connectivity index (χ0v) is 53.9. The van der Waals surface area contributed by atoms with Crippen molar-refractivity contribution in [1.29, 1.82) is 5.41 Å². The van der Waals surface area contributed by atoms with E-state index in [0.717, 1.165) is 10.9 Å². The quantitative estimate of drug-likeness (QED) is 0.0130. The largest absolute Gasteiger partial charge is 0.480 e. The number of carboxylic acids is 1. The third-order valence-electron chi connectivity index (χ3n) is 15.4. The number of hydrogen-bond donors (Lipinski definition) is 19. The number of benzene rings is 2. The maximum Gasteiger partial charge on any atom is 0.326 e. The van der Waals surface area contributed by atoms with Gasteiger partial charge in [0.2, 0.25) is 65.0 Å². The second-order valence-corrected chi connectivity index (χ2v) is 24.4. The molecule has 11 amide bonds. The van der Waals surface area contributed by atoms with Gasteiger partial charge in [0.15, 0.2) is 5.96 Å². The Balaban J connectivity index is 1.60. The summed E-state index contributed by atoms with van der Waals surface area (Å²) in [6.07, 6.45) is 2.77. The molecule has 0 aliphatic rings. The lowest BCUT2D eigenvalue weighted by molar-refractivity contribution is -0.143. The van der Waals surface area contributed by atoms with Crippen LogP contribution in [0.5, 0.6) is 0 Å². The van der Waals surface area contributed by atoms with Crippen molar-refractivity contribution in [2.75, 3.05) is 13.1 Å². The highest BCUT2D eigenvalue weighted by Gasteiger charge is 2.39. The van der Waals surface area contributed by atoms with Crippen LogP contribution in [0.1, 0.15) is 111 Å². The molecule has 0 radical (unpaired) electrons. The van der Waals surface area contributed by atoms with Gasteiger partial charge in [0, 0.05) is 53.6 Å². The molecule has 24 N–H and O–H groups in total. The highest BCUT2D eigenvalue weighted by Crippen LogP contribution is 2.22. The molecule has 0 saturated heterocycles. The minimum Gasteiger partial charge on any atom is -0.480 e. The summed E-state index contributed by atoms with van der Waals surface area (Å²) in [7, 11) is 0. The Kier molecular flexibility index (Phi) is 29.7. The van der Waals surface area contributed by atoms with Crippen molar-refractivity contribution in [3.05, 3.63) is 72.1 Å². The number of primary amides is 2. The highest BCUT2D eigenvalue weighted by molar-refractivity contribution is 6.01. The number of aliphatic carboxylic acids is 1. The molecule has 4 aromatic rings. The first-order valence-corrected chi connectivity index (χ1v) is 31.0. The Hall–Kier alpha value is -9.65. The minimum atomic E-state index is -1.87. The van der Waals surface area contributed by atoms with Crippen molar-refractivity contribution in [3.8, 4) is 0 Å². The fourth-order valence-corrected chi connectivity index (χ4v) is 10.2. The fraction of sp³-hybridized carbons (Fsp3) is 0.532. The van der Waals surface area contributed by atoms with Crippen molar-refractivity contribution in [1.82, 2.24) is 63.1 Å². The number of unbranched alkanes of at least 4 members (excludes halogenated alkanes) is 1. The number of aromatic amines is 2. The lowest BCUT2D eigenvalue weighted by Gasteiger charge is -2.30. The summed E-state index contributed by atoms with van der Waals surface area (Å²) in [5.74, 6) is -14.7. The van der Waals surface area contributed by atoms with Crippen LogP contribution in [0.3, 0.4) is 0 Å². The van der Waals surface area contributed by atoms with Gasteiger partial charge in [-0.05, 0) is 85.6 Å². The van der Waals surface area contributed by atoms with Crippen LogP contribution in [0, 0.1) is 29.1 Å². The second kappa shape index (κ2) is 36.4. The highest BCUT2D eigenvalue weighted by atomic mass is 16.4. The number of para-hydroxylation sites is 2. The zero-order chi connectivity index (χ0) is 69.4. The van der Waals surface area contributed by atoms with Gasteiger partial charge in [0.1, 0.15) is 54.4 Å². The molecule has 0 aliphatic heterocycles. The first-order chi connectivity index (χ1) is 43.8. The van der Waals surface area contributed by atoms with E-state index in [1.54, 1.807) is 98.1 Å². The number of rotatable bonds is 39. The summed E-state index contributed by atoms with van der Waals surface area (Å²) in [6.45, 7) is 13.3. The molecule has 0 unspecified atom stereocenters. The lowest BCUT2D eigenvalue weighted by atomic mass is 9.98. The normalized spacial score (nSPS) is 14.6. The number of guanidine groups is 1. The minimum absolute atomic E-state index is 0.0904. The van der Waals surface area contributed by atoms with Gasteiger partial charge < -0.3 is 96.9 Å². The van der Waals surface area contributed by atoms with Crippen LogP contribution >= 0.6 is 0 Å². The number of carboxylic acid groups (broad SMARTS) is 1. The SMILES string of the molecule is CC(C)[C@H](NC(=O)[C@H](Cc1c[nH]c2ccccc12)NC(=O)[C@@H](NC(=O)[C@H](Cc1c[nH]c2ccccc12)NC(=O)[C@@H](NC(=O)[C@H](CC(N)=O)NC(=O)[C@H](CC(N)=O)NC(=O)[C@@H](NC(=O)[C@H](CCCCN)NC(=O)[C@@H](N)CCCNC(=N)N)C(C)C)C(C)C)C(C)C)C(=O)O. The van der Waals surface area contributed by atoms with Crippen molar-refractivity contribution >= 4 is 98.7 Å². The van der Waals surface area contributed by atoms with E-state index in [1.165, 1.54) is 0 Å². The molecule has 31 nitrogen and oxygen atoms in total. The Morgan fingerprint density at radius 1 is 0.452 bits per heavy atom. The van der Waals surface area contributed by atoms with Crippen LogP contribution in [0.2, 0.25) is 0 Å². The Morgan fingerprint density at radius 3 is 1.19 bits per heavy atom. The van der Waals surface area contributed by atoms with E-state index >= 15 is 0 Å². The molecule has 31 heteroatoms. The summed E-state index contributed by atoms with van der Waals surface area (Å²) in [5.41, 5.74) is 30.8. The predicted octanol–water partition coefficient (Wildman–Crippen LogP) is -2.02. The number of aromatic nitrogens is 2. The fourth-order valence-electron chi connectivity index (χ4n) is 10.2. The average molecular weight is 1300 g/mol. The van der Waals surface area contributed by atoms with Crippen molar-refractivity contribution in [2.24, 2.45) is 52.3 Å². The van der Waals surface area contributed by atoms with Gasteiger partial charge in [-0.1, -0.05) is 91.8 Å². The average Bonchev–Trinajstić information content (AvgIpc) is 1.78. The topological polar surface area (TPSA) is 531 Å². The molecule has 0 saturated carbocycles. The van der Waals surface area contributed by atoms with Crippen LogP contribution < -0.4 is 81.8 Å². The van der Waals surface area contributed by atoms with Crippen LogP contribution in [0.15, 0.2) is 60.9 Å². The first kappa shape index (κ1) is 75.8. The maximum absolute atomic E-state index is 14.8. The molecule has 10 atom stereocenters. The third-order valence-corrected chi connectivity index (χ3v) is 15.4. The van der Waals surface area contributed by atoms with E-state index < -0.39 is 168 Å². The van der Waals surface area contributed by atoms with Crippen molar-refractivity contribution < 1.29 is 62.6 Å². The summed E-state index contributed by atoms with van der Waals surface area (Å²) in [4.78, 5) is 171. The molecule has 4 rings (SSSR count). The van der Waals surface area contributed by atoms with Crippen LogP contribution in [-0.4, -0.2) is 165 Å². The smallest absolute Gasteiger partial charge is 0.326 e. The summed E-state index contributed by atoms with van der Waals surface area (Å²) in [6, 6.07) is -0.0840. The number of carbonyl (C=O) groups excluding carboxylic acids is 11. The standard InChI is InChI=1S/C62H94N18O13/c1-30(2)48(77-53(84)41(21-13-14-22-63)72-52(83)38(64)18-15-23-69-62(67)68)60(91)76-44(26-46(65)81)54(85)73-45(27-47(66)82)57(88)79-50(32(5)6)59(90)74-42(24-34-28-70-39-19-11-9-16-36(34)39)55(86)78-49(31(3)4)58(89)75-43(56(87)80-51(33(7)8)61(92)93)25-35-29-71-40-20-12-10-17-37(35)40/h9-12,16-17,19-20,28-33,38,41-45,48-51,70-71H,13-15,18,21-27,63-64H2,1-8H3,(H2,65,81)(H2,66,82)(H,72,83)(H,73,85)(H,74,90)(H,75,89)(H,76,91)(H,77,84)(H,78,86)(H,79,88)(H,80,87)(H,92,93)(H4,67,68,69)/t38-,41-,42-,43-,44-,45-,48-,49-,50-,51-/m0/s1. The third kappa shape index (κ3) is 23.5. The van der Waals surface area contributed by atoms with Gasteiger partial charge in [-0.25, -0.2) is 4.79 Å². The van der Waals surface area contributed by atoms with Crippen LogP contribution in [-0.2, 0) is 70.4 Å². The monoisotopic (exact) mass is 1300 g/mol. The summed E-state index contributed by atoms with van der Waals surface area (Å²) < 4.78 is 0. The van der Waals surface area contributed by atoms with Gasteiger partial charge in [-0.3, -0.25) is 58.1 Å². The van der Waals surface area contributed by atoms with Crippen molar-refractivity contribution in [2.45, 2.75) is 174 Å². The number of fused-ring (bicyclic) bond motifs is 2. The number of nitrogens with two attached hydrogens (primary N) is 5. The lowest BCUT2D eigenvalue weighted by Crippen LogP contribution is -2.62. The molecule has 2 aromatic heterocycles. The predicted molar refractivity (Wildman–Crippen MR) is 346 cm³/mol. The Morgan fingerprint density at radius 2 is 0.806 bits per heavy atom. The number of amides is 11. The van der Waals surface area contributed by atoms with E-state index in [1.807, 2.05) is 18.2 Å². The number of H-pyrrole nitrogens is 2. The van der Waals surface area contributed by atoms with E-state index in [0.29, 0.717) is 41.3 Å². The maximum atomic E-state index is 14.8. The second-order valence-electron chi connectivity index (χ2n) is 24.4. The molecule has 2 aromatic carbocycles. The van der Waals surface area contributed by atoms with Gasteiger partial charge >= 0.3 is 5.97 Å². The van der Waals surface area contributed by atoms with E-state index in [4.69, 9.17) is 34.1 Å². The molecule has 93 heavy (non-hydrogen) atoms. The molecule has 2 heterocycles. The number of hydrogen-bond acceptors (Lipinski definition) is 15. The van der Waals surface area contributed by atoms with E-state index in [2.05, 4.69) is 63.1 Å².